The maximum absolute atomic E-state index is 6.05. The summed E-state index contributed by atoms with van der Waals surface area (Å²) >= 11 is 0. The standard InChI is InChI=1S/C13H25N3O/c1-10-4-3-5-12(10)8-15-13(14)16-6-7-17-11(2)9-16/h10-12H,3-9H2,1-2H3,(H2,14,15). The van der Waals surface area contributed by atoms with Crippen molar-refractivity contribution in [1.82, 2.24) is 4.90 Å². The lowest BCUT2D eigenvalue weighted by Gasteiger charge is -2.32. The number of guanidine groups is 1. The van der Waals surface area contributed by atoms with E-state index in [1.54, 1.807) is 0 Å². The van der Waals surface area contributed by atoms with Crippen molar-refractivity contribution >= 4 is 5.96 Å². The number of nitrogens with zero attached hydrogens (tertiary/aromatic N) is 2. The van der Waals surface area contributed by atoms with Crippen LogP contribution in [-0.2, 0) is 4.74 Å². The highest BCUT2D eigenvalue weighted by molar-refractivity contribution is 5.78. The average molecular weight is 239 g/mol. The summed E-state index contributed by atoms with van der Waals surface area (Å²) in [5, 5.41) is 0. The van der Waals surface area contributed by atoms with E-state index in [2.05, 4.69) is 23.7 Å². The Labute approximate surface area is 104 Å². The lowest BCUT2D eigenvalue weighted by atomic mass is 9.99. The third-order valence-electron chi connectivity index (χ3n) is 4.09. The molecule has 0 aromatic carbocycles. The van der Waals surface area contributed by atoms with Crippen molar-refractivity contribution in [2.24, 2.45) is 22.6 Å². The second kappa shape index (κ2) is 5.71. The molecule has 0 spiro atoms. The lowest BCUT2D eigenvalue weighted by molar-refractivity contribution is 0.00527. The predicted molar refractivity (Wildman–Crippen MR) is 70.0 cm³/mol. The second-order valence-electron chi connectivity index (χ2n) is 5.49. The summed E-state index contributed by atoms with van der Waals surface area (Å²) < 4.78 is 5.50. The highest BCUT2D eigenvalue weighted by Gasteiger charge is 2.23. The van der Waals surface area contributed by atoms with Gasteiger partial charge in [-0.05, 0) is 25.2 Å². The van der Waals surface area contributed by atoms with E-state index in [1.807, 2.05) is 0 Å². The molecule has 0 amide bonds. The van der Waals surface area contributed by atoms with Crippen LogP contribution in [0.2, 0.25) is 0 Å². The van der Waals surface area contributed by atoms with Gasteiger partial charge in [0.25, 0.3) is 0 Å². The van der Waals surface area contributed by atoms with Crippen LogP contribution < -0.4 is 5.73 Å². The van der Waals surface area contributed by atoms with Crippen molar-refractivity contribution in [3.8, 4) is 0 Å². The molecule has 17 heavy (non-hydrogen) atoms. The minimum Gasteiger partial charge on any atom is -0.375 e. The van der Waals surface area contributed by atoms with Gasteiger partial charge in [0.05, 0.1) is 12.7 Å². The van der Waals surface area contributed by atoms with Crippen LogP contribution in [-0.4, -0.2) is 43.2 Å². The molecule has 2 fully saturated rings. The van der Waals surface area contributed by atoms with E-state index < -0.39 is 0 Å². The third kappa shape index (κ3) is 3.35. The Morgan fingerprint density at radius 1 is 1.41 bits per heavy atom. The van der Waals surface area contributed by atoms with Crippen LogP contribution in [0.3, 0.4) is 0 Å². The first kappa shape index (κ1) is 12.7. The van der Waals surface area contributed by atoms with Crippen molar-refractivity contribution in [3.05, 3.63) is 0 Å². The number of ether oxygens (including phenoxy) is 1. The van der Waals surface area contributed by atoms with Crippen LogP contribution >= 0.6 is 0 Å². The van der Waals surface area contributed by atoms with Crippen LogP contribution in [0.1, 0.15) is 33.1 Å². The highest BCUT2D eigenvalue weighted by Crippen LogP contribution is 2.31. The van der Waals surface area contributed by atoms with E-state index in [-0.39, 0.29) is 6.10 Å². The van der Waals surface area contributed by atoms with Gasteiger partial charge in [0.1, 0.15) is 0 Å². The van der Waals surface area contributed by atoms with Crippen molar-refractivity contribution in [1.29, 1.82) is 0 Å². The van der Waals surface area contributed by atoms with Gasteiger partial charge >= 0.3 is 0 Å². The van der Waals surface area contributed by atoms with Crippen molar-refractivity contribution < 1.29 is 4.74 Å². The molecular weight excluding hydrogens is 214 g/mol. The Hall–Kier alpha value is -0.770. The molecule has 4 heteroatoms. The summed E-state index contributed by atoms with van der Waals surface area (Å²) in [5.74, 6) is 2.27. The van der Waals surface area contributed by atoms with Crippen LogP contribution in [0, 0.1) is 11.8 Å². The number of aliphatic imine (C=N–C) groups is 1. The van der Waals surface area contributed by atoms with Crippen LogP contribution in [0.5, 0.6) is 0 Å². The summed E-state index contributed by atoms with van der Waals surface area (Å²) in [5.41, 5.74) is 6.05. The maximum Gasteiger partial charge on any atom is 0.191 e. The van der Waals surface area contributed by atoms with Crippen molar-refractivity contribution in [2.75, 3.05) is 26.2 Å². The molecule has 3 unspecified atom stereocenters. The van der Waals surface area contributed by atoms with Crippen LogP contribution in [0.4, 0.5) is 0 Å². The van der Waals surface area contributed by atoms with E-state index >= 15 is 0 Å². The van der Waals surface area contributed by atoms with Crippen molar-refractivity contribution in [2.45, 2.75) is 39.2 Å². The molecule has 1 saturated heterocycles. The summed E-state index contributed by atoms with van der Waals surface area (Å²) in [6, 6.07) is 0. The lowest BCUT2D eigenvalue weighted by Crippen LogP contribution is -2.48. The normalized spacial score (nSPS) is 35.3. The number of nitrogens with two attached hydrogens (primary N) is 1. The smallest absolute Gasteiger partial charge is 0.191 e. The first-order chi connectivity index (χ1) is 8.16. The first-order valence-corrected chi connectivity index (χ1v) is 6.83. The van der Waals surface area contributed by atoms with Gasteiger partial charge in [0.2, 0.25) is 0 Å². The minimum atomic E-state index is 0.267. The molecule has 2 N–H and O–H groups in total. The van der Waals surface area contributed by atoms with Crippen molar-refractivity contribution in [3.63, 3.8) is 0 Å². The summed E-state index contributed by atoms with van der Waals surface area (Å²) in [7, 11) is 0. The van der Waals surface area contributed by atoms with E-state index in [0.29, 0.717) is 5.96 Å². The molecule has 1 aliphatic heterocycles. The van der Waals surface area contributed by atoms with E-state index in [1.165, 1.54) is 19.3 Å². The summed E-state index contributed by atoms with van der Waals surface area (Å²) in [4.78, 5) is 6.73. The zero-order valence-corrected chi connectivity index (χ0v) is 11.1. The fraction of sp³-hybridized carbons (Fsp3) is 0.923. The van der Waals surface area contributed by atoms with Gasteiger partial charge in [-0.25, -0.2) is 0 Å². The molecule has 1 heterocycles. The van der Waals surface area contributed by atoms with Gasteiger partial charge in [0.15, 0.2) is 5.96 Å². The molecule has 1 saturated carbocycles. The third-order valence-corrected chi connectivity index (χ3v) is 4.09. The zero-order valence-electron chi connectivity index (χ0n) is 11.1. The molecule has 2 rings (SSSR count). The second-order valence-corrected chi connectivity index (χ2v) is 5.49. The predicted octanol–water partition coefficient (Wildman–Crippen LogP) is 1.46. The van der Waals surface area contributed by atoms with Gasteiger partial charge in [0, 0.05) is 19.6 Å². The SMILES string of the molecule is CC1CN(C(N)=NCC2CCCC2C)CCO1. The van der Waals surface area contributed by atoms with Gasteiger partial charge in [-0.2, -0.15) is 0 Å². The molecule has 98 valence electrons. The number of rotatable bonds is 2. The molecule has 0 radical (unpaired) electrons. The zero-order chi connectivity index (χ0) is 12.3. The fourth-order valence-corrected chi connectivity index (χ4v) is 2.83. The van der Waals surface area contributed by atoms with E-state index in [9.17, 15) is 0 Å². The molecule has 3 atom stereocenters. The molecule has 0 aromatic rings. The molecule has 1 aliphatic carbocycles. The minimum absolute atomic E-state index is 0.267. The number of hydrogen-bond donors (Lipinski definition) is 1. The average Bonchev–Trinajstić information content (AvgIpc) is 2.72. The molecule has 0 bridgehead atoms. The first-order valence-electron chi connectivity index (χ1n) is 6.83. The summed E-state index contributed by atoms with van der Waals surface area (Å²) in [6.45, 7) is 7.82. The molecule has 4 nitrogen and oxygen atoms in total. The van der Waals surface area contributed by atoms with Crippen LogP contribution in [0.25, 0.3) is 0 Å². The highest BCUT2D eigenvalue weighted by atomic mass is 16.5. The van der Waals surface area contributed by atoms with Crippen LogP contribution in [0.15, 0.2) is 4.99 Å². The van der Waals surface area contributed by atoms with E-state index in [0.717, 1.165) is 38.1 Å². The number of morpholine rings is 1. The fourth-order valence-electron chi connectivity index (χ4n) is 2.83. The largest absolute Gasteiger partial charge is 0.375 e. The Kier molecular flexibility index (Phi) is 4.26. The Bertz CT molecular complexity index is 280. The monoisotopic (exact) mass is 239 g/mol. The Balaban J connectivity index is 1.83. The Morgan fingerprint density at radius 3 is 2.88 bits per heavy atom. The van der Waals surface area contributed by atoms with E-state index in [4.69, 9.17) is 10.5 Å². The van der Waals surface area contributed by atoms with Gasteiger partial charge in [-0.15, -0.1) is 0 Å². The topological polar surface area (TPSA) is 50.8 Å². The quantitative estimate of drug-likeness (QED) is 0.586. The van der Waals surface area contributed by atoms with Gasteiger partial charge in [-0.3, -0.25) is 4.99 Å². The van der Waals surface area contributed by atoms with Gasteiger partial charge in [-0.1, -0.05) is 19.8 Å². The summed E-state index contributed by atoms with van der Waals surface area (Å²) in [6.07, 6.45) is 4.30. The molecule has 0 aromatic heterocycles. The Morgan fingerprint density at radius 2 is 2.24 bits per heavy atom. The molecular formula is C13H25N3O. The molecule has 2 aliphatic rings. The maximum atomic E-state index is 6.05. The number of hydrogen-bond acceptors (Lipinski definition) is 2. The van der Waals surface area contributed by atoms with Gasteiger partial charge < -0.3 is 15.4 Å².